The van der Waals surface area contributed by atoms with Gasteiger partial charge >= 0.3 is 0 Å². The molecule has 7 aromatic rings. The highest BCUT2D eigenvalue weighted by Gasteiger charge is 2.33. The molecule has 5 nitrogen and oxygen atoms in total. The quantitative estimate of drug-likeness (QED) is 0.167. The third kappa shape index (κ3) is 8.90. The Morgan fingerprint density at radius 1 is 0.460 bits per heavy atom. The molecule has 326 valence electrons. The molecule has 5 heteroatoms. The fraction of sp³-hybridized carbons (Fsp3) is 0.362. The number of anilines is 2. The van der Waals surface area contributed by atoms with Crippen LogP contribution in [0.15, 0.2) is 133 Å². The smallest absolute Gasteiger partial charge is 0.137 e. The molecular formula is C58H68N4O. The minimum absolute atomic E-state index is 0.0225. The highest BCUT2D eigenvalue weighted by atomic mass is 16.5. The van der Waals surface area contributed by atoms with Crippen molar-refractivity contribution >= 4 is 33.2 Å². The van der Waals surface area contributed by atoms with E-state index in [0.717, 1.165) is 39.4 Å². The number of hydrogen-bond donors (Lipinski definition) is 0. The normalized spacial score (nSPS) is 14.2. The van der Waals surface area contributed by atoms with Gasteiger partial charge in [-0.1, -0.05) is 146 Å². The summed E-state index contributed by atoms with van der Waals surface area (Å²) in [5.74, 6) is 2.49. The van der Waals surface area contributed by atoms with Crippen molar-refractivity contribution in [2.75, 3.05) is 16.5 Å². The number of aromatic nitrogens is 2. The predicted molar refractivity (Wildman–Crippen MR) is 269 cm³/mol. The maximum atomic E-state index is 7.03. The molecule has 0 fully saturated rings. The van der Waals surface area contributed by atoms with Crippen molar-refractivity contribution in [1.29, 1.82) is 0 Å². The summed E-state index contributed by atoms with van der Waals surface area (Å²) >= 11 is 0. The highest BCUT2D eigenvalue weighted by molar-refractivity contribution is 6.10. The Morgan fingerprint density at radius 2 is 1.08 bits per heavy atom. The molecule has 0 spiro atoms. The maximum absolute atomic E-state index is 7.03. The van der Waals surface area contributed by atoms with Crippen LogP contribution in [0.5, 0.6) is 11.5 Å². The molecule has 2 aromatic heterocycles. The van der Waals surface area contributed by atoms with Crippen LogP contribution in [0.4, 0.5) is 11.4 Å². The van der Waals surface area contributed by atoms with Crippen molar-refractivity contribution in [1.82, 2.24) is 9.55 Å². The van der Waals surface area contributed by atoms with Gasteiger partial charge in [0.1, 0.15) is 17.3 Å². The van der Waals surface area contributed by atoms with Gasteiger partial charge in [0.15, 0.2) is 0 Å². The molecule has 0 saturated carbocycles. The Balaban J connectivity index is 1.24. The van der Waals surface area contributed by atoms with Crippen molar-refractivity contribution in [3.05, 3.63) is 156 Å². The molecule has 1 aliphatic heterocycles. The van der Waals surface area contributed by atoms with E-state index in [2.05, 4.69) is 240 Å². The van der Waals surface area contributed by atoms with E-state index in [4.69, 9.17) is 9.72 Å². The van der Waals surface area contributed by atoms with E-state index in [1.807, 2.05) is 6.20 Å². The molecular weight excluding hydrogens is 769 g/mol. The van der Waals surface area contributed by atoms with Crippen LogP contribution in [0, 0.1) is 5.41 Å². The van der Waals surface area contributed by atoms with Crippen LogP contribution in [-0.2, 0) is 21.7 Å². The Labute approximate surface area is 377 Å². The number of rotatable bonds is 6. The number of hydrogen-bond acceptors (Lipinski definition) is 4. The molecule has 63 heavy (non-hydrogen) atoms. The van der Waals surface area contributed by atoms with Crippen LogP contribution >= 0.6 is 0 Å². The minimum Gasteiger partial charge on any atom is -0.457 e. The van der Waals surface area contributed by atoms with E-state index in [1.165, 1.54) is 50.2 Å². The number of nitrogens with zero attached hydrogens (tertiary/aromatic N) is 4. The lowest BCUT2D eigenvalue weighted by Crippen LogP contribution is -2.31. The van der Waals surface area contributed by atoms with E-state index in [-0.39, 0.29) is 27.1 Å². The van der Waals surface area contributed by atoms with Gasteiger partial charge in [0.25, 0.3) is 0 Å². The molecule has 0 radical (unpaired) electrons. The first-order valence-electron chi connectivity index (χ1n) is 22.7. The number of benzene rings is 5. The number of pyridine rings is 1. The van der Waals surface area contributed by atoms with Crippen molar-refractivity contribution in [2.24, 2.45) is 5.41 Å². The lowest BCUT2D eigenvalue weighted by atomic mass is 9.80. The number of allylic oxidation sites excluding steroid dienone is 1. The second-order valence-electron chi connectivity index (χ2n) is 22.9. The first kappa shape index (κ1) is 43.8. The first-order chi connectivity index (χ1) is 29.3. The maximum Gasteiger partial charge on any atom is 0.137 e. The third-order valence-electron chi connectivity index (χ3n) is 12.6. The molecule has 0 unspecified atom stereocenters. The summed E-state index contributed by atoms with van der Waals surface area (Å²) in [7, 11) is 0. The van der Waals surface area contributed by atoms with Gasteiger partial charge in [-0.15, -0.1) is 0 Å². The Hall–Kier alpha value is -5.81. The summed E-state index contributed by atoms with van der Waals surface area (Å²) in [6, 6.07) is 42.3. The van der Waals surface area contributed by atoms with Crippen LogP contribution < -0.4 is 14.5 Å². The van der Waals surface area contributed by atoms with Gasteiger partial charge in [-0.2, -0.15) is 0 Å². The summed E-state index contributed by atoms with van der Waals surface area (Å²) < 4.78 is 9.33. The van der Waals surface area contributed by atoms with E-state index < -0.39 is 0 Å². The van der Waals surface area contributed by atoms with Crippen LogP contribution in [0.1, 0.15) is 126 Å². The zero-order valence-electron chi connectivity index (χ0n) is 40.5. The van der Waals surface area contributed by atoms with Crippen molar-refractivity contribution < 1.29 is 4.74 Å². The highest BCUT2D eigenvalue weighted by Crippen LogP contribution is 2.44. The van der Waals surface area contributed by atoms with Crippen LogP contribution in [0.2, 0.25) is 0 Å². The summed E-state index contributed by atoms with van der Waals surface area (Å²) in [6.45, 7) is 35.1. The zero-order chi connectivity index (χ0) is 45.4. The molecule has 0 atom stereocenters. The van der Waals surface area contributed by atoms with E-state index >= 15 is 0 Å². The monoisotopic (exact) mass is 837 g/mol. The van der Waals surface area contributed by atoms with E-state index in [9.17, 15) is 0 Å². The van der Waals surface area contributed by atoms with Gasteiger partial charge in [-0.05, 0) is 116 Å². The second kappa shape index (κ2) is 15.5. The molecule has 0 amide bonds. The standard InChI is InChI=1S/C58H68N4O/c1-54(2,3)40-25-26-59-53(33-40)62-50-24-21-39(38-19-17-16-18-20-38)27-49(50)48-23-22-46(35-51(48)62)63-47-32-43(57(10,11)12)31-45(34-47)61-37-60(36-52(61)58(13,14)15)44-29-41(55(4,5)6)28-42(30-44)56(7,8)9/h16-36H,37H2,1-15H3. The summed E-state index contributed by atoms with van der Waals surface area (Å²) in [4.78, 5) is 9.91. The lowest BCUT2D eigenvalue weighted by molar-refractivity contribution is 0.477. The molecule has 0 bridgehead atoms. The second-order valence-corrected chi connectivity index (χ2v) is 22.9. The summed E-state index contributed by atoms with van der Waals surface area (Å²) in [5, 5.41) is 2.34. The molecule has 3 heterocycles. The average Bonchev–Trinajstić information content (AvgIpc) is 3.80. The van der Waals surface area contributed by atoms with Crippen LogP contribution in [0.3, 0.4) is 0 Å². The fourth-order valence-corrected chi connectivity index (χ4v) is 8.60. The largest absolute Gasteiger partial charge is 0.457 e. The number of ether oxygens (including phenoxy) is 1. The molecule has 0 N–H and O–H groups in total. The van der Waals surface area contributed by atoms with Crippen molar-refractivity contribution in [3.8, 4) is 28.4 Å². The average molecular weight is 837 g/mol. The lowest BCUT2D eigenvalue weighted by Gasteiger charge is -2.32. The van der Waals surface area contributed by atoms with Crippen molar-refractivity contribution in [3.63, 3.8) is 0 Å². The van der Waals surface area contributed by atoms with E-state index in [0.29, 0.717) is 6.67 Å². The molecule has 8 rings (SSSR count). The van der Waals surface area contributed by atoms with Gasteiger partial charge in [0.2, 0.25) is 0 Å². The summed E-state index contributed by atoms with van der Waals surface area (Å²) in [6.07, 6.45) is 4.31. The van der Waals surface area contributed by atoms with E-state index in [1.54, 1.807) is 0 Å². The molecule has 1 aliphatic rings. The topological polar surface area (TPSA) is 33.5 Å². The Morgan fingerprint density at radius 3 is 1.70 bits per heavy atom. The minimum atomic E-state index is -0.113. The Kier molecular flexibility index (Phi) is 10.8. The third-order valence-corrected chi connectivity index (χ3v) is 12.6. The molecule has 0 saturated heterocycles. The van der Waals surface area contributed by atoms with Gasteiger partial charge < -0.3 is 14.5 Å². The van der Waals surface area contributed by atoms with Gasteiger partial charge in [-0.3, -0.25) is 4.57 Å². The van der Waals surface area contributed by atoms with Crippen LogP contribution in [-0.4, -0.2) is 16.2 Å². The fourth-order valence-electron chi connectivity index (χ4n) is 8.60. The van der Waals surface area contributed by atoms with Gasteiger partial charge in [0, 0.05) is 57.8 Å². The van der Waals surface area contributed by atoms with Gasteiger partial charge in [-0.25, -0.2) is 4.98 Å². The number of fused-ring (bicyclic) bond motifs is 3. The first-order valence-corrected chi connectivity index (χ1v) is 22.7. The summed E-state index contributed by atoms with van der Waals surface area (Å²) in [5.41, 5.74) is 13.1. The van der Waals surface area contributed by atoms with Gasteiger partial charge in [0.05, 0.1) is 17.7 Å². The van der Waals surface area contributed by atoms with Crippen LogP contribution in [0.25, 0.3) is 38.8 Å². The molecule has 5 aromatic carbocycles. The predicted octanol–water partition coefficient (Wildman–Crippen LogP) is 16.0. The zero-order valence-corrected chi connectivity index (χ0v) is 40.5. The Bertz CT molecular complexity index is 2830. The SMILES string of the molecule is CC(C)(C)C1=CN(c2cc(C(C)(C)C)cc(C(C)(C)C)c2)CN1c1cc(Oc2ccc3c4cc(-c5ccccc5)ccc4n(-c4cc(C(C)(C)C)ccn4)c3c2)cc(C(C)(C)C)c1. The van der Waals surface area contributed by atoms with Crippen molar-refractivity contribution in [2.45, 2.75) is 126 Å². The molecule has 0 aliphatic carbocycles.